The molecular weight excluding hydrogens is 176 g/mol. The number of carbonyl (C=O) groups excluding carboxylic acids is 1. The van der Waals surface area contributed by atoms with Gasteiger partial charge in [0.05, 0.1) is 6.10 Å². The number of aliphatic hydroxyl groups is 1. The molecule has 0 heterocycles. The summed E-state index contributed by atoms with van der Waals surface area (Å²) in [6.07, 6.45) is 2.78. The third kappa shape index (κ3) is 1.85. The maximum absolute atomic E-state index is 10.3. The van der Waals surface area contributed by atoms with Crippen LogP contribution in [0.1, 0.15) is 42.4 Å². The fourth-order valence-electron chi connectivity index (χ4n) is 1.80. The van der Waals surface area contributed by atoms with Crippen LogP contribution in [0, 0.1) is 0 Å². The van der Waals surface area contributed by atoms with Crippen LogP contribution >= 0.6 is 0 Å². The summed E-state index contributed by atoms with van der Waals surface area (Å²) in [6.45, 7) is 0. The highest BCUT2D eigenvalue weighted by Gasteiger charge is 2.27. The molecular formula is C12H14O2. The summed E-state index contributed by atoms with van der Waals surface area (Å²) in [4.78, 5) is 10.3. The average molecular weight is 190 g/mol. The Morgan fingerprint density at radius 1 is 1.43 bits per heavy atom. The molecule has 1 aromatic carbocycles. The van der Waals surface area contributed by atoms with Crippen LogP contribution in [0.25, 0.3) is 0 Å². The van der Waals surface area contributed by atoms with Crippen molar-refractivity contribution in [2.45, 2.75) is 31.3 Å². The number of hydrogen-bond acceptors (Lipinski definition) is 2. The Morgan fingerprint density at radius 2 is 2.14 bits per heavy atom. The van der Waals surface area contributed by atoms with E-state index in [4.69, 9.17) is 0 Å². The molecule has 1 aliphatic carbocycles. The standard InChI is InChI=1S/C12H14O2/c13-8-7-12(14)11-4-2-1-3-10(11)9-5-6-9/h1-4,8-9,12,14H,5-7H2. The highest BCUT2D eigenvalue weighted by atomic mass is 16.3. The first kappa shape index (κ1) is 9.41. The van der Waals surface area contributed by atoms with E-state index in [1.807, 2.05) is 18.2 Å². The second-order valence-electron chi connectivity index (χ2n) is 3.82. The molecule has 1 aromatic rings. The van der Waals surface area contributed by atoms with Gasteiger partial charge in [-0.1, -0.05) is 24.3 Å². The number of benzene rings is 1. The molecule has 1 fully saturated rings. The van der Waals surface area contributed by atoms with Crippen molar-refractivity contribution in [3.63, 3.8) is 0 Å². The Morgan fingerprint density at radius 3 is 2.79 bits per heavy atom. The van der Waals surface area contributed by atoms with Crippen LogP contribution < -0.4 is 0 Å². The van der Waals surface area contributed by atoms with Crippen LogP contribution in [0.5, 0.6) is 0 Å². The van der Waals surface area contributed by atoms with Gasteiger partial charge in [-0.15, -0.1) is 0 Å². The van der Waals surface area contributed by atoms with Gasteiger partial charge in [-0.2, -0.15) is 0 Å². The highest BCUT2D eigenvalue weighted by molar-refractivity contribution is 5.51. The zero-order valence-corrected chi connectivity index (χ0v) is 8.02. The number of aliphatic hydroxyl groups excluding tert-OH is 1. The topological polar surface area (TPSA) is 37.3 Å². The molecule has 1 saturated carbocycles. The van der Waals surface area contributed by atoms with E-state index in [1.54, 1.807) is 0 Å². The first-order valence-corrected chi connectivity index (χ1v) is 5.03. The smallest absolute Gasteiger partial charge is 0.122 e. The van der Waals surface area contributed by atoms with Crippen molar-refractivity contribution in [1.29, 1.82) is 0 Å². The van der Waals surface area contributed by atoms with Gasteiger partial charge in [0.2, 0.25) is 0 Å². The van der Waals surface area contributed by atoms with Crippen molar-refractivity contribution in [2.75, 3.05) is 0 Å². The molecule has 14 heavy (non-hydrogen) atoms. The number of hydrogen-bond donors (Lipinski definition) is 1. The molecule has 0 saturated heterocycles. The van der Waals surface area contributed by atoms with E-state index in [0.717, 1.165) is 11.8 Å². The van der Waals surface area contributed by atoms with Crippen molar-refractivity contribution >= 4 is 6.29 Å². The molecule has 0 aliphatic heterocycles. The molecule has 2 heteroatoms. The molecule has 2 rings (SSSR count). The van der Waals surface area contributed by atoms with Crippen molar-refractivity contribution in [3.05, 3.63) is 35.4 Å². The van der Waals surface area contributed by atoms with Crippen molar-refractivity contribution in [2.24, 2.45) is 0 Å². The van der Waals surface area contributed by atoms with E-state index < -0.39 is 6.10 Å². The van der Waals surface area contributed by atoms with E-state index in [0.29, 0.717) is 5.92 Å². The van der Waals surface area contributed by atoms with Crippen LogP contribution in [0.3, 0.4) is 0 Å². The normalized spacial score (nSPS) is 17.8. The van der Waals surface area contributed by atoms with Gasteiger partial charge < -0.3 is 9.90 Å². The van der Waals surface area contributed by atoms with E-state index in [9.17, 15) is 9.90 Å². The Hall–Kier alpha value is -1.15. The maximum atomic E-state index is 10.3. The lowest BCUT2D eigenvalue weighted by Crippen LogP contribution is -2.01. The first-order chi connectivity index (χ1) is 6.83. The number of rotatable bonds is 4. The van der Waals surface area contributed by atoms with Crippen LogP contribution in [0.4, 0.5) is 0 Å². The molecule has 0 spiro atoms. The van der Waals surface area contributed by atoms with Crippen molar-refractivity contribution in [3.8, 4) is 0 Å². The van der Waals surface area contributed by atoms with Crippen LogP contribution in [-0.2, 0) is 4.79 Å². The first-order valence-electron chi connectivity index (χ1n) is 5.03. The van der Waals surface area contributed by atoms with Gasteiger partial charge in [0.1, 0.15) is 6.29 Å². The summed E-state index contributed by atoms with van der Waals surface area (Å²) in [5, 5.41) is 9.75. The predicted molar refractivity (Wildman–Crippen MR) is 54.1 cm³/mol. The molecule has 0 amide bonds. The third-order valence-electron chi connectivity index (χ3n) is 2.69. The maximum Gasteiger partial charge on any atom is 0.122 e. The molecule has 0 aromatic heterocycles. The lowest BCUT2D eigenvalue weighted by atomic mass is 9.97. The van der Waals surface area contributed by atoms with E-state index in [2.05, 4.69) is 6.07 Å². The van der Waals surface area contributed by atoms with Gasteiger partial charge in [-0.3, -0.25) is 0 Å². The van der Waals surface area contributed by atoms with Crippen LogP contribution in [-0.4, -0.2) is 11.4 Å². The highest BCUT2D eigenvalue weighted by Crippen LogP contribution is 2.43. The van der Waals surface area contributed by atoms with E-state index in [1.165, 1.54) is 18.4 Å². The molecule has 1 unspecified atom stereocenters. The summed E-state index contributed by atoms with van der Waals surface area (Å²) in [5.74, 6) is 0.618. The summed E-state index contributed by atoms with van der Waals surface area (Å²) < 4.78 is 0. The zero-order chi connectivity index (χ0) is 9.97. The molecule has 1 aliphatic rings. The van der Waals surface area contributed by atoms with Gasteiger partial charge in [-0.25, -0.2) is 0 Å². The second kappa shape index (κ2) is 3.93. The molecule has 1 atom stereocenters. The van der Waals surface area contributed by atoms with Crippen molar-refractivity contribution < 1.29 is 9.90 Å². The average Bonchev–Trinajstić information content (AvgIpc) is 3.01. The molecule has 0 bridgehead atoms. The minimum atomic E-state index is -0.621. The Balaban J connectivity index is 2.25. The van der Waals surface area contributed by atoms with Gasteiger partial charge >= 0.3 is 0 Å². The number of aldehydes is 1. The minimum Gasteiger partial charge on any atom is -0.388 e. The third-order valence-corrected chi connectivity index (χ3v) is 2.69. The summed E-state index contributed by atoms with van der Waals surface area (Å²) >= 11 is 0. The lowest BCUT2D eigenvalue weighted by molar-refractivity contribution is -0.109. The second-order valence-corrected chi connectivity index (χ2v) is 3.82. The zero-order valence-electron chi connectivity index (χ0n) is 8.02. The largest absolute Gasteiger partial charge is 0.388 e. The predicted octanol–water partition coefficient (Wildman–Crippen LogP) is 2.19. The quantitative estimate of drug-likeness (QED) is 0.739. The fraction of sp³-hybridized carbons (Fsp3) is 0.417. The van der Waals surface area contributed by atoms with Gasteiger partial charge in [0.15, 0.2) is 0 Å². The van der Waals surface area contributed by atoms with Crippen LogP contribution in [0.2, 0.25) is 0 Å². The Bertz CT molecular complexity index is 329. The Kier molecular flexibility index (Phi) is 2.64. The van der Waals surface area contributed by atoms with Crippen molar-refractivity contribution in [1.82, 2.24) is 0 Å². The molecule has 1 N–H and O–H groups in total. The van der Waals surface area contributed by atoms with Gasteiger partial charge in [0.25, 0.3) is 0 Å². The molecule has 74 valence electrons. The molecule has 2 nitrogen and oxygen atoms in total. The Labute approximate surface area is 83.6 Å². The monoisotopic (exact) mass is 190 g/mol. The summed E-state index contributed by atoms with van der Waals surface area (Å²) in [6, 6.07) is 7.88. The summed E-state index contributed by atoms with van der Waals surface area (Å²) in [5.41, 5.74) is 2.16. The SMILES string of the molecule is O=CCC(O)c1ccccc1C1CC1. The fourth-order valence-corrected chi connectivity index (χ4v) is 1.80. The van der Waals surface area contributed by atoms with Gasteiger partial charge in [0, 0.05) is 6.42 Å². The van der Waals surface area contributed by atoms with E-state index >= 15 is 0 Å². The van der Waals surface area contributed by atoms with Gasteiger partial charge in [-0.05, 0) is 29.9 Å². The van der Waals surface area contributed by atoms with Crippen LogP contribution in [0.15, 0.2) is 24.3 Å². The summed E-state index contributed by atoms with van der Waals surface area (Å²) in [7, 11) is 0. The number of carbonyl (C=O) groups is 1. The minimum absolute atomic E-state index is 0.198. The molecule has 0 radical (unpaired) electrons. The lowest BCUT2D eigenvalue weighted by Gasteiger charge is -2.12. The van der Waals surface area contributed by atoms with E-state index in [-0.39, 0.29) is 6.42 Å².